The summed E-state index contributed by atoms with van der Waals surface area (Å²) in [6.45, 7) is 4.20. The normalized spacial score (nSPS) is 11.3. The predicted molar refractivity (Wildman–Crippen MR) is 67.1 cm³/mol. The molecule has 0 aromatic carbocycles. The highest BCUT2D eigenvalue weighted by Crippen LogP contribution is 2.33. The smallest absolute Gasteiger partial charge is 0.0449 e. The topological polar surface area (TPSA) is 0 Å². The number of thiophene rings is 2. The lowest BCUT2D eigenvalue weighted by atomic mass is 10.3. The van der Waals surface area contributed by atoms with Crippen molar-refractivity contribution in [1.29, 1.82) is 0 Å². The van der Waals surface area contributed by atoms with Crippen LogP contribution in [0.3, 0.4) is 0 Å². The van der Waals surface area contributed by atoms with Crippen LogP contribution in [0.1, 0.15) is 16.7 Å². The van der Waals surface area contributed by atoms with Crippen LogP contribution in [0.2, 0.25) is 0 Å². The number of hydrogen-bond donors (Lipinski definition) is 0. The van der Waals surface area contributed by atoms with Crippen molar-refractivity contribution in [1.82, 2.24) is 0 Å². The van der Waals surface area contributed by atoms with Gasteiger partial charge in [-0.3, -0.25) is 0 Å². The van der Waals surface area contributed by atoms with E-state index >= 15 is 0 Å². The Kier molecular flexibility index (Phi) is 2.85. The molecule has 0 amide bonds. The van der Waals surface area contributed by atoms with Crippen molar-refractivity contribution >= 4 is 28.7 Å². The van der Waals surface area contributed by atoms with E-state index in [-0.39, 0.29) is 0 Å². The Hall–Kier alpha value is -0.860. The predicted octanol–water partition coefficient (Wildman–Crippen LogP) is 4.82. The van der Waals surface area contributed by atoms with Crippen LogP contribution in [0, 0.1) is 6.92 Å². The van der Waals surface area contributed by atoms with Gasteiger partial charge in [-0.05, 0) is 44.2 Å². The van der Waals surface area contributed by atoms with Crippen LogP contribution in [-0.2, 0) is 0 Å². The minimum absolute atomic E-state index is 1.33. The van der Waals surface area contributed by atoms with Crippen molar-refractivity contribution in [3.05, 3.63) is 40.1 Å². The zero-order valence-corrected chi connectivity index (χ0v) is 9.91. The van der Waals surface area contributed by atoms with Crippen molar-refractivity contribution in [2.75, 3.05) is 0 Å². The van der Waals surface area contributed by atoms with Gasteiger partial charge in [0.25, 0.3) is 0 Å². The first-order valence-corrected chi connectivity index (χ1v) is 6.22. The molecule has 0 N–H and O–H groups in total. The lowest BCUT2D eigenvalue weighted by Crippen LogP contribution is -1.56. The molecule has 2 rings (SSSR count). The molecule has 2 aromatic rings. The molecule has 72 valence electrons. The molecular weight excluding hydrogens is 208 g/mol. The molecular formula is C12H12S2. The van der Waals surface area contributed by atoms with Crippen LogP contribution in [0.5, 0.6) is 0 Å². The van der Waals surface area contributed by atoms with Gasteiger partial charge in [-0.2, -0.15) is 0 Å². The van der Waals surface area contributed by atoms with Gasteiger partial charge in [0, 0.05) is 19.5 Å². The van der Waals surface area contributed by atoms with Crippen molar-refractivity contribution in [2.45, 2.75) is 13.8 Å². The quantitative estimate of drug-likeness (QED) is 0.680. The molecule has 0 fully saturated rings. The summed E-state index contributed by atoms with van der Waals surface area (Å²) in [4.78, 5) is 5.45. The van der Waals surface area contributed by atoms with Gasteiger partial charge in [0.15, 0.2) is 0 Å². The maximum atomic E-state index is 2.20. The van der Waals surface area contributed by atoms with Crippen LogP contribution >= 0.6 is 22.7 Å². The van der Waals surface area contributed by atoms with Crippen molar-refractivity contribution in [2.24, 2.45) is 0 Å². The number of aryl methyl sites for hydroxylation is 1. The average molecular weight is 220 g/mol. The lowest BCUT2D eigenvalue weighted by molar-refractivity contribution is 1.64. The van der Waals surface area contributed by atoms with Gasteiger partial charge in [0.1, 0.15) is 0 Å². The van der Waals surface area contributed by atoms with E-state index in [1.807, 2.05) is 22.7 Å². The fraction of sp³-hybridized carbons (Fsp3) is 0.167. The largest absolute Gasteiger partial charge is 0.140 e. The maximum absolute atomic E-state index is 2.20. The third-order valence-electron chi connectivity index (χ3n) is 1.94. The summed E-state index contributed by atoms with van der Waals surface area (Å²) >= 11 is 3.71. The molecule has 0 aliphatic heterocycles. The highest BCUT2D eigenvalue weighted by atomic mass is 32.1. The Morgan fingerprint density at radius 1 is 1.00 bits per heavy atom. The van der Waals surface area contributed by atoms with Crippen LogP contribution < -0.4 is 0 Å². The van der Waals surface area contributed by atoms with Crippen LogP contribution in [0.15, 0.2) is 30.3 Å². The van der Waals surface area contributed by atoms with Gasteiger partial charge < -0.3 is 0 Å². The molecule has 0 aliphatic carbocycles. The minimum atomic E-state index is 1.33. The fourth-order valence-corrected chi connectivity index (χ4v) is 3.24. The Bertz CT molecular complexity index is 446. The average Bonchev–Trinajstić information content (AvgIpc) is 2.74. The third kappa shape index (κ3) is 1.97. The molecule has 0 nitrogen and oxygen atoms in total. The first-order chi connectivity index (χ1) is 6.79. The molecule has 0 saturated heterocycles. The zero-order valence-electron chi connectivity index (χ0n) is 8.28. The second-order valence-electron chi connectivity index (χ2n) is 3.11. The second kappa shape index (κ2) is 4.11. The van der Waals surface area contributed by atoms with Gasteiger partial charge in [-0.25, -0.2) is 0 Å². The summed E-state index contributed by atoms with van der Waals surface area (Å²) < 4.78 is 0. The summed E-state index contributed by atoms with van der Waals surface area (Å²) in [5.74, 6) is 0. The van der Waals surface area contributed by atoms with Gasteiger partial charge in [0.05, 0.1) is 0 Å². The fourth-order valence-electron chi connectivity index (χ4n) is 1.31. The summed E-state index contributed by atoms with van der Waals surface area (Å²) in [6, 6.07) is 8.75. The second-order valence-corrected chi connectivity index (χ2v) is 5.52. The summed E-state index contributed by atoms with van der Waals surface area (Å²) in [5, 5.41) is 0. The van der Waals surface area contributed by atoms with Gasteiger partial charge in [-0.1, -0.05) is 6.08 Å². The molecule has 0 aliphatic rings. The van der Waals surface area contributed by atoms with E-state index in [1.54, 1.807) is 0 Å². The van der Waals surface area contributed by atoms with Gasteiger partial charge in [-0.15, -0.1) is 22.7 Å². The van der Waals surface area contributed by atoms with E-state index in [2.05, 4.69) is 50.3 Å². The van der Waals surface area contributed by atoms with Crippen LogP contribution in [-0.4, -0.2) is 0 Å². The molecule has 0 saturated carbocycles. The van der Waals surface area contributed by atoms with Crippen molar-refractivity contribution in [3.8, 4) is 9.75 Å². The SMILES string of the molecule is C/C=C/c1ccc(-c2ccc(C)s2)s1. The Labute approximate surface area is 92.5 Å². The highest BCUT2D eigenvalue weighted by molar-refractivity contribution is 7.22. The third-order valence-corrected chi connectivity index (χ3v) is 4.19. The lowest BCUT2D eigenvalue weighted by Gasteiger charge is -1.87. The zero-order chi connectivity index (χ0) is 9.97. The Balaban J connectivity index is 2.33. The molecule has 2 heterocycles. The molecule has 14 heavy (non-hydrogen) atoms. The first kappa shape index (κ1) is 9.69. The molecule has 0 bridgehead atoms. The number of hydrogen-bond acceptors (Lipinski definition) is 2. The Morgan fingerprint density at radius 3 is 2.36 bits per heavy atom. The monoisotopic (exact) mass is 220 g/mol. The van der Waals surface area contributed by atoms with E-state index < -0.39 is 0 Å². The first-order valence-electron chi connectivity index (χ1n) is 4.59. The molecule has 0 radical (unpaired) electrons. The van der Waals surface area contributed by atoms with Gasteiger partial charge >= 0.3 is 0 Å². The van der Waals surface area contributed by atoms with Crippen molar-refractivity contribution in [3.63, 3.8) is 0 Å². The summed E-state index contributed by atoms with van der Waals surface area (Å²) in [6.07, 6.45) is 4.23. The Morgan fingerprint density at radius 2 is 1.71 bits per heavy atom. The van der Waals surface area contributed by atoms with E-state index in [4.69, 9.17) is 0 Å². The molecule has 0 atom stereocenters. The van der Waals surface area contributed by atoms with Crippen molar-refractivity contribution < 1.29 is 0 Å². The van der Waals surface area contributed by atoms with E-state index in [0.29, 0.717) is 0 Å². The highest BCUT2D eigenvalue weighted by Gasteiger charge is 2.02. The van der Waals surface area contributed by atoms with E-state index in [9.17, 15) is 0 Å². The number of rotatable bonds is 2. The standard InChI is InChI=1S/C12H12S2/c1-3-4-10-6-8-12(14-10)11-7-5-9(2)13-11/h3-8H,1-2H3/b4-3+. The van der Waals surface area contributed by atoms with E-state index in [0.717, 1.165) is 0 Å². The van der Waals surface area contributed by atoms with Crippen LogP contribution in [0.25, 0.3) is 15.8 Å². The van der Waals surface area contributed by atoms with Gasteiger partial charge in [0.2, 0.25) is 0 Å². The molecule has 2 heteroatoms. The van der Waals surface area contributed by atoms with E-state index in [1.165, 1.54) is 19.5 Å². The molecule has 0 spiro atoms. The number of allylic oxidation sites excluding steroid dienone is 1. The van der Waals surface area contributed by atoms with Crippen LogP contribution in [0.4, 0.5) is 0 Å². The molecule has 2 aromatic heterocycles. The summed E-state index contributed by atoms with van der Waals surface area (Å²) in [5.41, 5.74) is 0. The minimum Gasteiger partial charge on any atom is -0.140 e. The summed E-state index contributed by atoms with van der Waals surface area (Å²) in [7, 11) is 0. The molecule has 0 unspecified atom stereocenters. The maximum Gasteiger partial charge on any atom is 0.0449 e.